The van der Waals surface area contributed by atoms with Crippen LogP contribution in [0.3, 0.4) is 0 Å². The number of nitrogens with zero attached hydrogens (tertiary/aromatic N) is 2. The van der Waals surface area contributed by atoms with Crippen LogP contribution in [0.4, 0.5) is 0 Å². The van der Waals surface area contributed by atoms with Crippen molar-refractivity contribution in [2.24, 2.45) is 33.9 Å². The molecule has 3 N–H and O–H groups in total. The molecule has 4 aliphatic carbocycles. The summed E-state index contributed by atoms with van der Waals surface area (Å²) in [4.78, 5) is 16.8. The van der Waals surface area contributed by atoms with Gasteiger partial charge in [0.05, 0.1) is 30.6 Å². The number of aliphatic carboxylic acids is 1. The predicted octanol–water partition coefficient (Wildman–Crippen LogP) is 4.82. The van der Waals surface area contributed by atoms with Gasteiger partial charge >= 0.3 is 5.97 Å². The van der Waals surface area contributed by atoms with Crippen molar-refractivity contribution in [3.63, 3.8) is 0 Å². The van der Waals surface area contributed by atoms with Gasteiger partial charge < -0.3 is 15.6 Å². The summed E-state index contributed by atoms with van der Waals surface area (Å²) < 4.78 is 6.09. The van der Waals surface area contributed by atoms with E-state index in [1.54, 1.807) is 25.1 Å². The minimum atomic E-state index is -1.06. The van der Waals surface area contributed by atoms with E-state index in [0.717, 1.165) is 24.8 Å². The first-order valence-electron chi connectivity index (χ1n) is 10.7. The first kappa shape index (κ1) is 22.4. The van der Waals surface area contributed by atoms with Crippen molar-refractivity contribution >= 4 is 35.0 Å². The second-order valence-corrected chi connectivity index (χ2v) is 10.5. The van der Waals surface area contributed by atoms with Gasteiger partial charge in [-0.1, -0.05) is 29.3 Å². The number of aliphatic imine (C=N–C) groups is 1. The SMILES string of the molecule is CC(CC#N)(OCc1ccc(Cl)cc1Cl)C(N)=NC1C2CC3CC1CC(C(=O)O)(C3)C2. The number of carboxylic acid groups (broad SMARTS) is 1. The molecule has 166 valence electrons. The van der Waals surface area contributed by atoms with Gasteiger partial charge in [-0.05, 0) is 74.5 Å². The molecule has 5 rings (SSSR count). The van der Waals surface area contributed by atoms with Crippen molar-refractivity contribution in [3.8, 4) is 6.07 Å². The molecule has 0 amide bonds. The molecular weight excluding hydrogens is 437 g/mol. The Balaban J connectivity index is 1.53. The second-order valence-electron chi connectivity index (χ2n) is 9.65. The Morgan fingerprint density at radius 1 is 1.35 bits per heavy atom. The van der Waals surface area contributed by atoms with Gasteiger partial charge in [0.25, 0.3) is 0 Å². The van der Waals surface area contributed by atoms with E-state index in [4.69, 9.17) is 38.7 Å². The van der Waals surface area contributed by atoms with E-state index < -0.39 is 17.0 Å². The summed E-state index contributed by atoms with van der Waals surface area (Å²) in [6.45, 7) is 1.94. The van der Waals surface area contributed by atoms with Crippen LogP contribution >= 0.6 is 23.2 Å². The van der Waals surface area contributed by atoms with Gasteiger partial charge in [0.15, 0.2) is 0 Å². The lowest BCUT2D eigenvalue weighted by atomic mass is 9.48. The fraction of sp³-hybridized carbons (Fsp3) is 0.609. The first-order valence-corrected chi connectivity index (χ1v) is 11.4. The van der Waals surface area contributed by atoms with Crippen LogP contribution in [-0.4, -0.2) is 28.6 Å². The highest BCUT2D eigenvalue weighted by atomic mass is 35.5. The minimum absolute atomic E-state index is 0.00948. The number of halogens is 2. The standard InChI is InChI=1S/C23H27Cl2N3O3/c1-22(4-5-26,31-12-14-2-3-17(24)8-18(14)25)20(27)28-19-15-6-13-7-16(19)11-23(9-13,10-15)21(29)30/h2-3,8,13,15-16,19H,4,6-7,9-12H2,1H3,(H2,27,28)(H,29,30). The molecule has 0 aromatic heterocycles. The summed E-state index contributed by atoms with van der Waals surface area (Å²) in [7, 11) is 0. The van der Waals surface area contributed by atoms with Crippen LogP contribution in [0.2, 0.25) is 10.0 Å². The highest BCUT2D eigenvalue weighted by Crippen LogP contribution is 2.61. The van der Waals surface area contributed by atoms with Crippen LogP contribution in [0.25, 0.3) is 0 Å². The summed E-state index contributed by atoms with van der Waals surface area (Å²) in [5.74, 6) is 0.534. The molecule has 31 heavy (non-hydrogen) atoms. The second kappa shape index (κ2) is 8.27. The number of nitriles is 1. The zero-order valence-electron chi connectivity index (χ0n) is 17.5. The van der Waals surface area contributed by atoms with E-state index in [1.807, 2.05) is 0 Å². The lowest BCUT2D eigenvalue weighted by Gasteiger charge is -2.57. The largest absolute Gasteiger partial charge is 0.481 e. The Hall–Kier alpha value is -1.81. The highest BCUT2D eigenvalue weighted by Gasteiger charge is 2.59. The van der Waals surface area contributed by atoms with Crippen molar-refractivity contribution in [2.45, 2.75) is 63.7 Å². The Morgan fingerprint density at radius 3 is 2.61 bits per heavy atom. The molecule has 1 aromatic rings. The fourth-order valence-electron chi connectivity index (χ4n) is 6.01. The molecule has 0 heterocycles. The van der Waals surface area contributed by atoms with Gasteiger partial charge in [-0.3, -0.25) is 9.79 Å². The zero-order valence-corrected chi connectivity index (χ0v) is 19.0. The molecule has 0 aliphatic heterocycles. The van der Waals surface area contributed by atoms with Gasteiger partial charge in [0.1, 0.15) is 11.4 Å². The normalized spacial score (nSPS) is 33.7. The van der Waals surface area contributed by atoms with Crippen LogP contribution in [0.1, 0.15) is 51.0 Å². The molecule has 1 aromatic carbocycles. The number of nitrogens with two attached hydrogens (primary N) is 1. The quantitative estimate of drug-likeness (QED) is 0.444. The Morgan fingerprint density at radius 2 is 2.03 bits per heavy atom. The molecule has 0 saturated heterocycles. The number of hydrogen-bond acceptors (Lipinski definition) is 4. The minimum Gasteiger partial charge on any atom is -0.481 e. The molecule has 0 spiro atoms. The summed E-state index contributed by atoms with van der Waals surface area (Å²) in [6.07, 6.45) is 4.17. The van der Waals surface area contributed by atoms with E-state index in [9.17, 15) is 15.2 Å². The van der Waals surface area contributed by atoms with Crippen molar-refractivity contribution in [3.05, 3.63) is 33.8 Å². The number of rotatable bonds is 7. The summed E-state index contributed by atoms with van der Waals surface area (Å²) in [6, 6.07) is 7.31. The first-order chi connectivity index (χ1) is 14.7. The maximum atomic E-state index is 12.0. The Labute approximate surface area is 192 Å². The number of benzene rings is 1. The van der Waals surface area contributed by atoms with Gasteiger partial charge in [-0.15, -0.1) is 0 Å². The average Bonchev–Trinajstić information content (AvgIpc) is 2.69. The molecule has 0 radical (unpaired) electrons. The average molecular weight is 464 g/mol. The molecule has 3 atom stereocenters. The van der Waals surface area contributed by atoms with E-state index >= 15 is 0 Å². The smallest absolute Gasteiger partial charge is 0.309 e. The van der Waals surface area contributed by atoms with Crippen molar-refractivity contribution in [2.75, 3.05) is 0 Å². The molecule has 4 saturated carbocycles. The summed E-state index contributed by atoms with van der Waals surface area (Å²) >= 11 is 12.2. The van der Waals surface area contributed by atoms with Crippen LogP contribution < -0.4 is 5.73 Å². The molecule has 4 aliphatic rings. The number of hydrogen-bond donors (Lipinski definition) is 2. The monoisotopic (exact) mass is 463 g/mol. The molecule has 8 heteroatoms. The Kier molecular flexibility index (Phi) is 5.97. The third-order valence-electron chi connectivity index (χ3n) is 7.48. The van der Waals surface area contributed by atoms with Gasteiger partial charge in [0, 0.05) is 10.0 Å². The highest BCUT2D eigenvalue weighted by molar-refractivity contribution is 6.35. The van der Waals surface area contributed by atoms with Gasteiger partial charge in [-0.25, -0.2) is 0 Å². The molecular formula is C23H27Cl2N3O3. The number of amidine groups is 1. The van der Waals surface area contributed by atoms with E-state index in [0.29, 0.717) is 34.6 Å². The lowest BCUT2D eigenvalue weighted by Crippen LogP contribution is -2.56. The van der Waals surface area contributed by atoms with Crippen LogP contribution in [-0.2, 0) is 16.1 Å². The zero-order chi connectivity index (χ0) is 22.4. The molecule has 4 fully saturated rings. The van der Waals surface area contributed by atoms with Crippen LogP contribution in [0.15, 0.2) is 23.2 Å². The van der Waals surface area contributed by atoms with Gasteiger partial charge in [-0.2, -0.15) is 5.26 Å². The Bertz CT molecular complexity index is 944. The number of carboxylic acids is 1. The summed E-state index contributed by atoms with van der Waals surface area (Å²) in [5, 5.41) is 20.2. The van der Waals surface area contributed by atoms with Crippen LogP contribution in [0.5, 0.6) is 0 Å². The number of carbonyl (C=O) groups is 1. The van der Waals surface area contributed by atoms with E-state index in [-0.39, 0.29) is 30.9 Å². The third kappa shape index (κ3) is 4.16. The van der Waals surface area contributed by atoms with Gasteiger partial charge in [0.2, 0.25) is 0 Å². The fourth-order valence-corrected chi connectivity index (χ4v) is 6.47. The molecule has 4 bridgehead atoms. The predicted molar refractivity (Wildman–Crippen MR) is 119 cm³/mol. The van der Waals surface area contributed by atoms with Crippen molar-refractivity contribution < 1.29 is 14.6 Å². The maximum Gasteiger partial charge on any atom is 0.309 e. The van der Waals surface area contributed by atoms with E-state index in [2.05, 4.69) is 6.07 Å². The molecule has 3 unspecified atom stereocenters. The third-order valence-corrected chi connectivity index (χ3v) is 8.07. The maximum absolute atomic E-state index is 12.0. The van der Waals surface area contributed by atoms with Crippen molar-refractivity contribution in [1.82, 2.24) is 0 Å². The molecule has 6 nitrogen and oxygen atoms in total. The topological polar surface area (TPSA) is 109 Å². The van der Waals surface area contributed by atoms with Crippen LogP contribution in [0, 0.1) is 34.5 Å². The van der Waals surface area contributed by atoms with E-state index in [1.165, 1.54) is 0 Å². The summed E-state index contributed by atoms with van der Waals surface area (Å²) in [5.41, 5.74) is 5.54. The lowest BCUT2D eigenvalue weighted by molar-refractivity contribution is -0.166. The van der Waals surface area contributed by atoms with Crippen molar-refractivity contribution in [1.29, 1.82) is 5.26 Å². The number of ether oxygens (including phenoxy) is 1.